The minimum absolute atomic E-state index is 0.145. The molecule has 1 aliphatic rings. The van der Waals surface area contributed by atoms with Crippen molar-refractivity contribution in [3.8, 4) is 0 Å². The Morgan fingerprint density at radius 1 is 1.42 bits per heavy atom. The number of likely N-dealkylation sites (N-methyl/N-ethyl adjacent to an activating group) is 1. The van der Waals surface area contributed by atoms with E-state index >= 15 is 0 Å². The van der Waals surface area contributed by atoms with Crippen LogP contribution in [0.25, 0.3) is 0 Å². The number of β-amino-alcohol motifs (C(OH)–C–C–N with tert-alkyl or cyclic N) is 1. The number of nitrogens with zero attached hydrogens (tertiary/aromatic N) is 2. The fraction of sp³-hybridized carbons (Fsp3) is 0.588. The molecule has 4 nitrogen and oxygen atoms in total. The summed E-state index contributed by atoms with van der Waals surface area (Å²) in [7, 11) is 1.81. The van der Waals surface area contributed by atoms with Crippen molar-refractivity contribution in [2.45, 2.75) is 44.6 Å². The zero-order valence-electron chi connectivity index (χ0n) is 14.0. The van der Waals surface area contributed by atoms with Crippen LogP contribution in [0.4, 0.5) is 13.2 Å². The van der Waals surface area contributed by atoms with Crippen molar-refractivity contribution in [3.05, 3.63) is 35.4 Å². The maximum Gasteiger partial charge on any atom is 0.416 e. The van der Waals surface area contributed by atoms with Crippen LogP contribution in [-0.4, -0.2) is 53.1 Å². The third-order valence-electron chi connectivity index (χ3n) is 4.46. The largest absolute Gasteiger partial charge is 0.416 e. The van der Waals surface area contributed by atoms with Crippen molar-refractivity contribution in [2.75, 3.05) is 20.1 Å². The molecule has 0 aromatic heterocycles. The summed E-state index contributed by atoms with van der Waals surface area (Å²) in [6.45, 7) is 4.22. The van der Waals surface area contributed by atoms with Crippen LogP contribution in [0.15, 0.2) is 24.3 Å². The van der Waals surface area contributed by atoms with Crippen molar-refractivity contribution < 1.29 is 23.1 Å². The Kier molecular flexibility index (Phi) is 5.55. The molecule has 0 unspecified atom stereocenters. The van der Waals surface area contributed by atoms with E-state index in [1.807, 2.05) is 25.8 Å². The first-order chi connectivity index (χ1) is 11.1. The van der Waals surface area contributed by atoms with E-state index in [0.29, 0.717) is 5.56 Å². The highest BCUT2D eigenvalue weighted by Crippen LogP contribution is 2.36. The van der Waals surface area contributed by atoms with Gasteiger partial charge in [0.05, 0.1) is 24.3 Å². The number of alkyl halides is 3. The number of rotatable bonds is 4. The van der Waals surface area contributed by atoms with Gasteiger partial charge >= 0.3 is 6.18 Å². The van der Waals surface area contributed by atoms with Crippen molar-refractivity contribution in [1.29, 1.82) is 0 Å². The predicted molar refractivity (Wildman–Crippen MR) is 84.3 cm³/mol. The van der Waals surface area contributed by atoms with Gasteiger partial charge in [-0.25, -0.2) is 0 Å². The van der Waals surface area contributed by atoms with Gasteiger partial charge < -0.3 is 10.0 Å². The molecule has 2 atom stereocenters. The highest BCUT2D eigenvalue weighted by atomic mass is 19.4. The fourth-order valence-electron chi connectivity index (χ4n) is 2.81. The third-order valence-corrected chi connectivity index (χ3v) is 4.46. The molecule has 1 aliphatic heterocycles. The van der Waals surface area contributed by atoms with Crippen LogP contribution in [0, 0.1) is 0 Å². The molecule has 1 fully saturated rings. The minimum Gasteiger partial charge on any atom is -0.391 e. The quantitative estimate of drug-likeness (QED) is 0.913. The monoisotopic (exact) mass is 344 g/mol. The van der Waals surface area contributed by atoms with E-state index in [2.05, 4.69) is 0 Å². The Morgan fingerprint density at radius 2 is 2.08 bits per heavy atom. The molecule has 1 saturated heterocycles. The van der Waals surface area contributed by atoms with Crippen molar-refractivity contribution in [2.24, 2.45) is 0 Å². The minimum atomic E-state index is -4.43. The average molecular weight is 344 g/mol. The predicted octanol–water partition coefficient (Wildman–Crippen LogP) is 2.68. The summed E-state index contributed by atoms with van der Waals surface area (Å²) in [5, 5.41) is 9.92. The number of hydrogen-bond donors (Lipinski definition) is 1. The van der Waals surface area contributed by atoms with Gasteiger partial charge in [0.2, 0.25) is 5.91 Å². The molecular formula is C17H23F3N2O2. The molecule has 0 aliphatic carbocycles. The lowest BCUT2D eigenvalue weighted by atomic mass is 10.0. The second-order valence-corrected chi connectivity index (χ2v) is 6.58. The van der Waals surface area contributed by atoms with Gasteiger partial charge in [-0.1, -0.05) is 12.1 Å². The van der Waals surface area contributed by atoms with E-state index in [-0.39, 0.29) is 31.5 Å². The Labute approximate surface area is 139 Å². The SMILES string of the molecule is CC(C)N(C)CC(=O)N1C[C@H](O)C[C@@H]1c1cccc(C(F)(F)F)c1. The Balaban J connectivity index is 2.23. The van der Waals surface area contributed by atoms with Gasteiger partial charge in [0.15, 0.2) is 0 Å². The van der Waals surface area contributed by atoms with Gasteiger partial charge in [0.25, 0.3) is 0 Å². The number of likely N-dealkylation sites (tertiary alicyclic amines) is 1. The Morgan fingerprint density at radius 3 is 2.67 bits per heavy atom. The van der Waals surface area contributed by atoms with Crippen LogP contribution >= 0.6 is 0 Å². The molecule has 1 N–H and O–H groups in total. The zero-order chi connectivity index (χ0) is 18.1. The topological polar surface area (TPSA) is 43.8 Å². The van der Waals surface area contributed by atoms with Gasteiger partial charge in [0, 0.05) is 12.6 Å². The number of amides is 1. The maximum absolute atomic E-state index is 12.9. The van der Waals surface area contributed by atoms with E-state index in [9.17, 15) is 23.1 Å². The summed E-state index contributed by atoms with van der Waals surface area (Å²) < 4.78 is 38.7. The van der Waals surface area contributed by atoms with Crippen LogP contribution in [0.5, 0.6) is 0 Å². The number of benzene rings is 1. The van der Waals surface area contributed by atoms with E-state index in [1.165, 1.54) is 11.0 Å². The second kappa shape index (κ2) is 7.11. The molecule has 0 spiro atoms. The van der Waals surface area contributed by atoms with Gasteiger partial charge in [0.1, 0.15) is 0 Å². The van der Waals surface area contributed by atoms with Crippen LogP contribution < -0.4 is 0 Å². The Hall–Kier alpha value is -1.60. The number of aliphatic hydroxyl groups is 1. The number of carbonyl (C=O) groups is 1. The van der Waals surface area contributed by atoms with Crippen LogP contribution in [0.3, 0.4) is 0 Å². The summed E-state index contributed by atoms with van der Waals surface area (Å²) in [4.78, 5) is 15.9. The van der Waals surface area contributed by atoms with Crippen molar-refractivity contribution >= 4 is 5.91 Å². The molecule has 1 heterocycles. The number of halogens is 3. The van der Waals surface area contributed by atoms with Crippen molar-refractivity contribution in [1.82, 2.24) is 9.80 Å². The van der Waals surface area contributed by atoms with Crippen LogP contribution in [0.2, 0.25) is 0 Å². The molecular weight excluding hydrogens is 321 g/mol. The van der Waals surface area contributed by atoms with Gasteiger partial charge in [-0.3, -0.25) is 9.69 Å². The first-order valence-corrected chi connectivity index (χ1v) is 7.94. The first-order valence-electron chi connectivity index (χ1n) is 7.94. The number of aliphatic hydroxyl groups excluding tert-OH is 1. The molecule has 7 heteroatoms. The summed E-state index contributed by atoms with van der Waals surface area (Å²) in [5.74, 6) is -0.190. The van der Waals surface area contributed by atoms with E-state index in [0.717, 1.165) is 12.1 Å². The normalized spacial score (nSPS) is 21.8. The second-order valence-electron chi connectivity index (χ2n) is 6.58. The highest BCUT2D eigenvalue weighted by molar-refractivity contribution is 5.79. The molecule has 0 bridgehead atoms. The van der Waals surface area contributed by atoms with Gasteiger partial charge in [-0.15, -0.1) is 0 Å². The first kappa shape index (κ1) is 18.7. The smallest absolute Gasteiger partial charge is 0.391 e. The lowest BCUT2D eigenvalue weighted by molar-refractivity contribution is -0.137. The molecule has 0 radical (unpaired) electrons. The van der Waals surface area contributed by atoms with E-state index in [4.69, 9.17) is 0 Å². The summed E-state index contributed by atoms with van der Waals surface area (Å²) in [6.07, 6.45) is -4.91. The molecule has 1 aromatic rings. The molecule has 1 aromatic carbocycles. The molecule has 134 valence electrons. The third kappa shape index (κ3) is 4.27. The average Bonchev–Trinajstić information content (AvgIpc) is 2.88. The summed E-state index contributed by atoms with van der Waals surface area (Å²) >= 11 is 0. The van der Waals surface area contributed by atoms with Crippen LogP contribution in [-0.2, 0) is 11.0 Å². The summed E-state index contributed by atoms with van der Waals surface area (Å²) in [5.41, 5.74) is -0.338. The Bertz CT molecular complexity index is 589. The maximum atomic E-state index is 12.9. The number of carbonyl (C=O) groups excluding carboxylic acids is 1. The molecule has 24 heavy (non-hydrogen) atoms. The zero-order valence-corrected chi connectivity index (χ0v) is 14.0. The fourth-order valence-corrected chi connectivity index (χ4v) is 2.81. The van der Waals surface area contributed by atoms with Crippen LogP contribution in [0.1, 0.15) is 37.4 Å². The number of hydrogen-bond acceptors (Lipinski definition) is 3. The lowest BCUT2D eigenvalue weighted by Crippen LogP contribution is -2.41. The van der Waals surface area contributed by atoms with Gasteiger partial charge in [-0.05, 0) is 45.0 Å². The van der Waals surface area contributed by atoms with E-state index in [1.54, 1.807) is 6.07 Å². The standard InChI is InChI=1S/C17H23F3N2O2/c1-11(2)21(3)10-16(24)22-9-14(23)8-15(22)12-5-4-6-13(7-12)17(18,19)20/h4-7,11,14-15,23H,8-10H2,1-3H3/t14-,15-/m1/s1. The highest BCUT2D eigenvalue weighted by Gasteiger charge is 2.37. The lowest BCUT2D eigenvalue weighted by Gasteiger charge is -2.28. The molecule has 2 rings (SSSR count). The molecule has 0 saturated carbocycles. The van der Waals surface area contributed by atoms with E-state index < -0.39 is 23.9 Å². The molecule has 1 amide bonds. The van der Waals surface area contributed by atoms with Gasteiger partial charge in [-0.2, -0.15) is 13.2 Å². The van der Waals surface area contributed by atoms with Crippen molar-refractivity contribution in [3.63, 3.8) is 0 Å². The summed E-state index contributed by atoms with van der Waals surface area (Å²) in [6, 6.07) is 4.63.